The molecule has 0 aliphatic heterocycles. The first kappa shape index (κ1) is 14.9. The van der Waals surface area contributed by atoms with Gasteiger partial charge in [0, 0.05) is 6.54 Å². The van der Waals surface area contributed by atoms with E-state index in [1.165, 1.54) is 0 Å². The van der Waals surface area contributed by atoms with Crippen molar-refractivity contribution < 1.29 is 14.3 Å². The molecule has 0 saturated carbocycles. The van der Waals surface area contributed by atoms with Crippen molar-refractivity contribution in [3.63, 3.8) is 0 Å². The maximum absolute atomic E-state index is 11.6. The maximum Gasteiger partial charge on any atom is 0.360 e. The summed E-state index contributed by atoms with van der Waals surface area (Å²) in [5, 5.41) is 0. The van der Waals surface area contributed by atoms with E-state index >= 15 is 0 Å². The Kier molecular flexibility index (Phi) is 4.81. The lowest BCUT2D eigenvalue weighted by Crippen LogP contribution is -2.10. The number of nitrogens with two attached hydrogens (primary N) is 1. The van der Waals surface area contributed by atoms with Gasteiger partial charge in [-0.15, -0.1) is 0 Å². The molecular weight excluding hydrogens is 270 g/mol. The average Bonchev–Trinajstić information content (AvgIpc) is 2.87. The van der Waals surface area contributed by atoms with Crippen molar-refractivity contribution in [2.24, 2.45) is 0 Å². The van der Waals surface area contributed by atoms with Crippen molar-refractivity contribution in [3.05, 3.63) is 41.9 Å². The lowest BCUT2D eigenvalue weighted by atomic mass is 10.1. The van der Waals surface area contributed by atoms with Gasteiger partial charge in [0.15, 0.2) is 5.69 Å². The zero-order valence-electron chi connectivity index (χ0n) is 12.2. The van der Waals surface area contributed by atoms with E-state index in [0.29, 0.717) is 19.0 Å². The van der Waals surface area contributed by atoms with Crippen LogP contribution in [-0.4, -0.2) is 29.2 Å². The van der Waals surface area contributed by atoms with E-state index in [9.17, 15) is 4.79 Å². The average molecular weight is 289 g/mol. The third kappa shape index (κ3) is 3.53. The van der Waals surface area contributed by atoms with Crippen molar-refractivity contribution in [1.29, 1.82) is 0 Å². The highest BCUT2D eigenvalue weighted by molar-refractivity contribution is 5.92. The van der Waals surface area contributed by atoms with Gasteiger partial charge in [-0.1, -0.05) is 12.1 Å². The number of aryl methyl sites for hydroxylation is 2. The summed E-state index contributed by atoms with van der Waals surface area (Å²) in [6.45, 7) is 2.69. The van der Waals surface area contributed by atoms with Gasteiger partial charge in [-0.3, -0.25) is 0 Å². The summed E-state index contributed by atoms with van der Waals surface area (Å²) >= 11 is 0. The molecule has 2 aromatic rings. The van der Waals surface area contributed by atoms with Crippen LogP contribution in [0.25, 0.3) is 0 Å². The molecule has 0 atom stereocenters. The van der Waals surface area contributed by atoms with Gasteiger partial charge in [0.05, 0.1) is 20.0 Å². The molecule has 2 rings (SSSR count). The third-order valence-electron chi connectivity index (χ3n) is 3.15. The lowest BCUT2D eigenvalue weighted by Gasteiger charge is -2.07. The second-order valence-corrected chi connectivity index (χ2v) is 4.49. The molecule has 0 spiro atoms. The molecule has 21 heavy (non-hydrogen) atoms. The second kappa shape index (κ2) is 6.78. The first-order chi connectivity index (χ1) is 10.2. The summed E-state index contributed by atoms with van der Waals surface area (Å²) in [5.74, 6) is 0.672. The van der Waals surface area contributed by atoms with Crippen LogP contribution in [0.15, 0.2) is 30.6 Å². The molecule has 0 aliphatic carbocycles. The summed E-state index contributed by atoms with van der Waals surface area (Å²) in [7, 11) is 1.64. The van der Waals surface area contributed by atoms with Crippen LogP contribution in [0.5, 0.6) is 5.75 Å². The topological polar surface area (TPSA) is 79.4 Å². The highest BCUT2D eigenvalue weighted by Gasteiger charge is 2.16. The fourth-order valence-electron chi connectivity index (χ4n) is 1.97. The molecule has 6 nitrogen and oxygen atoms in total. The van der Waals surface area contributed by atoms with Gasteiger partial charge in [-0.05, 0) is 31.0 Å². The molecule has 0 aliphatic rings. The SMILES string of the molecule is CCOC(=O)c1ncn(CCc2ccc(OC)cc2)c1N. The first-order valence-corrected chi connectivity index (χ1v) is 6.76. The normalized spacial score (nSPS) is 10.4. The Balaban J connectivity index is 2.01. The molecule has 1 aromatic heterocycles. The number of ether oxygens (including phenoxy) is 2. The Morgan fingerprint density at radius 2 is 2.05 bits per heavy atom. The van der Waals surface area contributed by atoms with Crippen LogP contribution in [0.2, 0.25) is 0 Å². The molecule has 112 valence electrons. The van der Waals surface area contributed by atoms with Crippen LogP contribution in [0, 0.1) is 0 Å². The summed E-state index contributed by atoms with van der Waals surface area (Å²) < 4.78 is 11.8. The fourth-order valence-corrected chi connectivity index (χ4v) is 1.97. The molecule has 0 amide bonds. The van der Waals surface area contributed by atoms with E-state index in [1.807, 2.05) is 24.3 Å². The fraction of sp³-hybridized carbons (Fsp3) is 0.333. The Morgan fingerprint density at radius 1 is 1.33 bits per heavy atom. The number of carbonyl (C=O) groups is 1. The zero-order valence-corrected chi connectivity index (χ0v) is 12.2. The molecule has 0 radical (unpaired) electrons. The third-order valence-corrected chi connectivity index (χ3v) is 3.15. The molecule has 2 N–H and O–H groups in total. The predicted molar refractivity (Wildman–Crippen MR) is 79.3 cm³/mol. The molecule has 0 unspecified atom stereocenters. The van der Waals surface area contributed by atoms with Gasteiger partial charge in [0.1, 0.15) is 11.6 Å². The molecule has 0 bridgehead atoms. The first-order valence-electron chi connectivity index (χ1n) is 6.76. The Labute approximate surface area is 123 Å². The van der Waals surface area contributed by atoms with Crippen LogP contribution in [0.3, 0.4) is 0 Å². The Morgan fingerprint density at radius 3 is 2.67 bits per heavy atom. The number of imidazole rings is 1. The standard InChI is InChI=1S/C15H19N3O3/c1-3-21-15(19)13-14(16)18(10-17-13)9-8-11-4-6-12(20-2)7-5-11/h4-7,10H,3,8-9,16H2,1-2H3. The molecule has 1 heterocycles. The quantitative estimate of drug-likeness (QED) is 0.821. The van der Waals surface area contributed by atoms with Crippen LogP contribution in [-0.2, 0) is 17.7 Å². The van der Waals surface area contributed by atoms with Crippen molar-refractivity contribution in [3.8, 4) is 5.75 Å². The number of methoxy groups -OCH3 is 1. The smallest absolute Gasteiger partial charge is 0.360 e. The Hall–Kier alpha value is -2.50. The highest BCUT2D eigenvalue weighted by atomic mass is 16.5. The largest absolute Gasteiger partial charge is 0.497 e. The minimum atomic E-state index is -0.488. The van der Waals surface area contributed by atoms with Crippen molar-refractivity contribution in [1.82, 2.24) is 9.55 Å². The van der Waals surface area contributed by atoms with Gasteiger partial charge >= 0.3 is 5.97 Å². The van der Waals surface area contributed by atoms with Crippen molar-refractivity contribution in [2.45, 2.75) is 19.9 Å². The maximum atomic E-state index is 11.6. The number of nitrogen functional groups attached to an aromatic ring is 1. The van der Waals surface area contributed by atoms with E-state index in [2.05, 4.69) is 4.98 Å². The summed E-state index contributed by atoms with van der Waals surface area (Å²) in [4.78, 5) is 15.6. The summed E-state index contributed by atoms with van der Waals surface area (Å²) in [5.41, 5.74) is 7.25. The van der Waals surface area contributed by atoms with Gasteiger partial charge in [0.2, 0.25) is 0 Å². The van der Waals surface area contributed by atoms with Crippen LogP contribution in [0.1, 0.15) is 23.0 Å². The number of carbonyl (C=O) groups excluding carboxylic acids is 1. The number of hydrogen-bond acceptors (Lipinski definition) is 5. The molecule has 1 aromatic carbocycles. The highest BCUT2D eigenvalue weighted by Crippen LogP contribution is 2.15. The number of rotatable bonds is 6. The van der Waals surface area contributed by atoms with Gasteiger partial charge in [0.25, 0.3) is 0 Å². The van der Waals surface area contributed by atoms with Crippen LogP contribution >= 0.6 is 0 Å². The lowest BCUT2D eigenvalue weighted by molar-refractivity contribution is 0.0521. The molecular formula is C15H19N3O3. The van der Waals surface area contributed by atoms with E-state index in [0.717, 1.165) is 17.7 Å². The number of hydrogen-bond donors (Lipinski definition) is 1. The summed E-state index contributed by atoms with van der Waals surface area (Å²) in [6.07, 6.45) is 2.35. The number of aromatic nitrogens is 2. The van der Waals surface area contributed by atoms with E-state index in [1.54, 1.807) is 24.9 Å². The molecule has 0 fully saturated rings. The monoisotopic (exact) mass is 289 g/mol. The van der Waals surface area contributed by atoms with Crippen molar-refractivity contribution >= 4 is 11.8 Å². The predicted octanol–water partition coefficient (Wildman–Crippen LogP) is 1.89. The second-order valence-electron chi connectivity index (χ2n) is 4.49. The van der Waals surface area contributed by atoms with E-state index < -0.39 is 5.97 Å². The van der Waals surface area contributed by atoms with Gasteiger partial charge in [-0.2, -0.15) is 0 Å². The number of anilines is 1. The van der Waals surface area contributed by atoms with Crippen LogP contribution in [0.4, 0.5) is 5.82 Å². The zero-order chi connectivity index (χ0) is 15.2. The molecule has 6 heteroatoms. The van der Waals surface area contributed by atoms with Crippen LogP contribution < -0.4 is 10.5 Å². The summed E-state index contributed by atoms with van der Waals surface area (Å²) in [6, 6.07) is 7.82. The molecule has 0 saturated heterocycles. The van der Waals surface area contributed by atoms with Gasteiger partial charge < -0.3 is 19.8 Å². The van der Waals surface area contributed by atoms with E-state index in [4.69, 9.17) is 15.2 Å². The number of nitrogens with zero attached hydrogens (tertiary/aromatic N) is 2. The minimum Gasteiger partial charge on any atom is -0.497 e. The number of benzene rings is 1. The van der Waals surface area contributed by atoms with E-state index in [-0.39, 0.29) is 5.69 Å². The van der Waals surface area contributed by atoms with Crippen molar-refractivity contribution in [2.75, 3.05) is 19.5 Å². The van der Waals surface area contributed by atoms with Gasteiger partial charge in [-0.25, -0.2) is 9.78 Å². The number of esters is 1. The Bertz CT molecular complexity index is 605. The minimum absolute atomic E-state index is 0.173.